The molecule has 4 aliphatic rings. The van der Waals surface area contributed by atoms with E-state index < -0.39 is 21.2 Å². The first-order valence-electron chi connectivity index (χ1n) is 12.5. The van der Waals surface area contributed by atoms with Crippen LogP contribution in [0.25, 0.3) is 0 Å². The Labute approximate surface area is 199 Å². The fraction of sp³-hybridized carbons (Fsp3) is 0.667. The summed E-state index contributed by atoms with van der Waals surface area (Å²) in [5.74, 6) is -0.315. The standard InChI is InChI=1S/C27H33NO6/c1-24-13-9-20-25(2)11-4-12-26(3,19(25)10-14-27(20,16-24)22(30)21(24)29)23(31)34-15-17-5-7-18(8-6-17)28(32)33/h5-8,19-20H,4,9-16H2,1-3H3/t19-,20-,24-,25+,26+,27-/m0/s1. The number of ketones is 2. The predicted octanol–water partition coefficient (Wildman–Crippen LogP) is 5.19. The number of nitrogens with zero attached hydrogens (tertiary/aromatic N) is 1. The molecule has 0 aromatic heterocycles. The van der Waals surface area contributed by atoms with Gasteiger partial charge in [-0.25, -0.2) is 0 Å². The Morgan fingerprint density at radius 1 is 1.00 bits per heavy atom. The van der Waals surface area contributed by atoms with Crippen LogP contribution >= 0.6 is 0 Å². The molecule has 5 rings (SSSR count). The summed E-state index contributed by atoms with van der Waals surface area (Å²) in [5, 5.41) is 10.9. The Hall–Kier alpha value is -2.57. The molecule has 7 nitrogen and oxygen atoms in total. The van der Waals surface area contributed by atoms with Gasteiger partial charge in [0.2, 0.25) is 11.6 Å². The third kappa shape index (κ3) is 3.04. The van der Waals surface area contributed by atoms with Crippen molar-refractivity contribution in [3.8, 4) is 0 Å². The number of hydrogen-bond acceptors (Lipinski definition) is 6. The van der Waals surface area contributed by atoms with Gasteiger partial charge in [-0.1, -0.05) is 20.3 Å². The summed E-state index contributed by atoms with van der Waals surface area (Å²) in [6, 6.07) is 6.06. The number of esters is 1. The number of fused-ring (bicyclic) bond motifs is 3. The molecule has 182 valence electrons. The summed E-state index contributed by atoms with van der Waals surface area (Å²) >= 11 is 0. The number of Topliss-reactive ketones (excluding diaryl/α,β-unsaturated/α-hetero) is 2. The lowest BCUT2D eigenvalue weighted by Gasteiger charge is -2.63. The van der Waals surface area contributed by atoms with Gasteiger partial charge in [0.05, 0.1) is 10.3 Å². The van der Waals surface area contributed by atoms with Gasteiger partial charge >= 0.3 is 5.97 Å². The number of ether oxygens (including phenoxy) is 1. The Bertz CT molecular complexity index is 1080. The van der Waals surface area contributed by atoms with E-state index in [1.807, 2.05) is 13.8 Å². The second-order valence-corrected chi connectivity index (χ2v) is 12.0. The maximum absolute atomic E-state index is 13.5. The number of nitro benzene ring substituents is 1. The van der Waals surface area contributed by atoms with Gasteiger partial charge in [0.25, 0.3) is 5.69 Å². The molecule has 0 radical (unpaired) electrons. The maximum atomic E-state index is 13.5. The van der Waals surface area contributed by atoms with Crippen molar-refractivity contribution in [3.63, 3.8) is 0 Å². The van der Waals surface area contributed by atoms with Crippen LogP contribution in [0.2, 0.25) is 0 Å². The number of nitro groups is 1. The number of rotatable bonds is 4. The molecule has 1 aromatic carbocycles. The molecule has 4 fully saturated rings. The zero-order valence-corrected chi connectivity index (χ0v) is 20.2. The van der Waals surface area contributed by atoms with Crippen molar-refractivity contribution in [2.45, 2.75) is 78.7 Å². The Morgan fingerprint density at radius 2 is 1.68 bits per heavy atom. The molecule has 0 saturated heterocycles. The minimum atomic E-state index is -0.651. The summed E-state index contributed by atoms with van der Waals surface area (Å²) in [6.07, 6.45) is 6.34. The first kappa shape index (κ1) is 23.2. The number of non-ortho nitro benzene ring substituents is 1. The second-order valence-electron chi connectivity index (χ2n) is 12.0. The van der Waals surface area contributed by atoms with E-state index in [0.29, 0.717) is 18.4 Å². The molecule has 1 spiro atoms. The molecule has 0 N–H and O–H groups in total. The van der Waals surface area contributed by atoms with Gasteiger partial charge in [-0.2, -0.15) is 0 Å². The summed E-state index contributed by atoms with van der Waals surface area (Å²) in [4.78, 5) is 50.1. The zero-order chi connectivity index (χ0) is 24.5. The zero-order valence-electron chi connectivity index (χ0n) is 20.2. The first-order valence-corrected chi connectivity index (χ1v) is 12.5. The molecule has 34 heavy (non-hydrogen) atoms. The van der Waals surface area contributed by atoms with Gasteiger partial charge in [-0.15, -0.1) is 0 Å². The molecule has 7 heteroatoms. The summed E-state index contributed by atoms with van der Waals surface area (Å²) in [5.41, 5.74) is -1.16. The fourth-order valence-corrected chi connectivity index (χ4v) is 8.57. The highest BCUT2D eigenvalue weighted by atomic mass is 16.6. The molecule has 0 heterocycles. The second kappa shape index (κ2) is 7.46. The lowest BCUT2D eigenvalue weighted by atomic mass is 9.40. The van der Waals surface area contributed by atoms with Crippen LogP contribution in [0.1, 0.15) is 77.7 Å². The molecule has 0 amide bonds. The smallest absolute Gasteiger partial charge is 0.312 e. The molecule has 0 aliphatic heterocycles. The Balaban J connectivity index is 1.37. The number of carbonyl (C=O) groups is 3. The SMILES string of the molecule is C[C@]12CC[C@@H]3[C@](CC[C@H]4[C@@]3(C)CCC[C@@]4(C)C(=O)OCc3ccc([N+](=O)[O-])cc3)(C1)C(=O)C2=O. The Morgan fingerprint density at radius 3 is 2.35 bits per heavy atom. The van der Waals surface area contributed by atoms with E-state index in [0.717, 1.165) is 38.5 Å². The van der Waals surface area contributed by atoms with Gasteiger partial charge < -0.3 is 4.74 Å². The van der Waals surface area contributed by atoms with Gasteiger partial charge in [0.15, 0.2) is 0 Å². The van der Waals surface area contributed by atoms with Crippen molar-refractivity contribution in [1.82, 2.24) is 0 Å². The van der Waals surface area contributed by atoms with Crippen LogP contribution in [0.3, 0.4) is 0 Å². The largest absolute Gasteiger partial charge is 0.460 e. The van der Waals surface area contributed by atoms with E-state index in [-0.39, 0.29) is 47.1 Å². The van der Waals surface area contributed by atoms with E-state index in [1.165, 1.54) is 12.1 Å². The van der Waals surface area contributed by atoms with E-state index >= 15 is 0 Å². The summed E-state index contributed by atoms with van der Waals surface area (Å²) in [6.45, 7) is 6.31. The molecule has 4 aliphatic carbocycles. The molecular weight excluding hydrogens is 434 g/mol. The lowest BCUT2D eigenvalue weighted by Crippen LogP contribution is -2.60. The van der Waals surface area contributed by atoms with Gasteiger partial charge in [0, 0.05) is 23.0 Å². The molecule has 2 bridgehead atoms. The van der Waals surface area contributed by atoms with Crippen LogP contribution in [-0.2, 0) is 25.7 Å². The van der Waals surface area contributed by atoms with E-state index in [4.69, 9.17) is 4.74 Å². The average Bonchev–Trinajstić information content (AvgIpc) is 2.94. The highest BCUT2D eigenvalue weighted by molar-refractivity contribution is 6.43. The van der Waals surface area contributed by atoms with Gasteiger partial charge in [0.1, 0.15) is 6.61 Å². The third-order valence-electron chi connectivity index (χ3n) is 10.2. The Kier molecular flexibility index (Phi) is 5.09. The van der Waals surface area contributed by atoms with Crippen LogP contribution in [-0.4, -0.2) is 22.5 Å². The van der Waals surface area contributed by atoms with E-state index in [2.05, 4.69) is 6.92 Å². The van der Waals surface area contributed by atoms with Crippen LogP contribution < -0.4 is 0 Å². The normalized spacial score (nSPS) is 40.9. The maximum Gasteiger partial charge on any atom is 0.312 e. The van der Waals surface area contributed by atoms with Gasteiger partial charge in [-0.05, 0) is 86.8 Å². The molecular formula is C27H33NO6. The molecule has 6 atom stereocenters. The number of carbonyl (C=O) groups excluding carboxylic acids is 3. The summed E-state index contributed by atoms with van der Waals surface area (Å²) < 4.78 is 5.79. The number of hydrogen-bond donors (Lipinski definition) is 0. The predicted molar refractivity (Wildman–Crippen MR) is 124 cm³/mol. The highest BCUT2D eigenvalue weighted by Crippen LogP contribution is 2.72. The lowest BCUT2D eigenvalue weighted by molar-refractivity contribution is -0.384. The van der Waals surface area contributed by atoms with Gasteiger partial charge in [-0.3, -0.25) is 24.5 Å². The van der Waals surface area contributed by atoms with Crippen molar-refractivity contribution in [1.29, 1.82) is 0 Å². The molecule has 4 saturated carbocycles. The van der Waals surface area contributed by atoms with Crippen molar-refractivity contribution in [2.75, 3.05) is 0 Å². The fourth-order valence-electron chi connectivity index (χ4n) is 8.57. The highest BCUT2D eigenvalue weighted by Gasteiger charge is 2.71. The van der Waals surface area contributed by atoms with Crippen LogP contribution in [0.5, 0.6) is 0 Å². The van der Waals surface area contributed by atoms with E-state index in [1.54, 1.807) is 12.1 Å². The van der Waals surface area contributed by atoms with Crippen molar-refractivity contribution >= 4 is 23.2 Å². The van der Waals surface area contributed by atoms with E-state index in [9.17, 15) is 24.5 Å². The average molecular weight is 468 g/mol. The topological polar surface area (TPSA) is 104 Å². The van der Waals surface area contributed by atoms with Crippen molar-refractivity contribution in [2.24, 2.45) is 33.5 Å². The monoisotopic (exact) mass is 467 g/mol. The van der Waals surface area contributed by atoms with Crippen LogP contribution in [0.4, 0.5) is 5.69 Å². The van der Waals surface area contributed by atoms with Crippen molar-refractivity contribution in [3.05, 3.63) is 39.9 Å². The van der Waals surface area contributed by atoms with Crippen LogP contribution in [0, 0.1) is 43.6 Å². The molecule has 0 unspecified atom stereocenters. The molecule has 1 aromatic rings. The third-order valence-corrected chi connectivity index (χ3v) is 10.2. The summed E-state index contributed by atoms with van der Waals surface area (Å²) in [7, 11) is 0. The first-order chi connectivity index (χ1) is 16.0. The number of benzene rings is 1. The van der Waals surface area contributed by atoms with Crippen molar-refractivity contribution < 1.29 is 24.0 Å². The minimum Gasteiger partial charge on any atom is -0.460 e. The quantitative estimate of drug-likeness (QED) is 0.261. The van der Waals surface area contributed by atoms with Crippen LogP contribution in [0.15, 0.2) is 24.3 Å². The minimum absolute atomic E-state index is 0.00439.